The van der Waals surface area contributed by atoms with E-state index in [2.05, 4.69) is 20.9 Å². The number of para-hydroxylation sites is 1. The lowest BCUT2D eigenvalue weighted by Crippen LogP contribution is -2.05. The fourth-order valence-corrected chi connectivity index (χ4v) is 2.82. The fraction of sp³-hybridized carbons (Fsp3) is 0.0588. The highest BCUT2D eigenvalue weighted by molar-refractivity contribution is 9.10. The number of benzene rings is 2. The number of rotatable bonds is 2. The van der Waals surface area contributed by atoms with Gasteiger partial charge in [0.05, 0.1) is 5.52 Å². The van der Waals surface area contributed by atoms with Crippen LogP contribution in [0.25, 0.3) is 10.9 Å². The second-order valence-electron chi connectivity index (χ2n) is 4.80. The Balaban J connectivity index is 2.12. The van der Waals surface area contributed by atoms with Crippen molar-refractivity contribution in [3.63, 3.8) is 0 Å². The minimum absolute atomic E-state index is 0.144. The van der Waals surface area contributed by atoms with Crippen LogP contribution in [-0.4, -0.2) is 10.8 Å². The number of nitrogens with zero attached hydrogens (tertiary/aromatic N) is 1. The average Bonchev–Trinajstić information content (AvgIpc) is 2.48. The smallest absolute Gasteiger partial charge is 0.212 e. The molecule has 3 rings (SSSR count). The van der Waals surface area contributed by atoms with Crippen molar-refractivity contribution in [1.29, 1.82) is 0 Å². The SMILES string of the molecule is Cc1ccc(C(=O)c2nc3ccccc3cc2Br)cc1Cl. The molecular formula is C17H11BrClNO. The molecule has 1 heterocycles. The standard InChI is InChI=1S/C17H11BrClNO/c1-10-6-7-12(9-14(10)19)17(21)16-13(18)8-11-4-2-3-5-15(11)20-16/h2-9H,1H3. The molecule has 2 nitrogen and oxygen atoms in total. The Kier molecular flexibility index (Phi) is 3.79. The number of hydrogen-bond acceptors (Lipinski definition) is 2. The zero-order valence-corrected chi connectivity index (χ0v) is 13.6. The number of hydrogen-bond donors (Lipinski definition) is 0. The van der Waals surface area contributed by atoms with Crippen molar-refractivity contribution in [3.8, 4) is 0 Å². The van der Waals surface area contributed by atoms with E-state index < -0.39 is 0 Å². The van der Waals surface area contributed by atoms with Crippen molar-refractivity contribution in [2.75, 3.05) is 0 Å². The molecule has 0 bridgehead atoms. The number of fused-ring (bicyclic) bond motifs is 1. The van der Waals surface area contributed by atoms with Crippen LogP contribution in [0.2, 0.25) is 5.02 Å². The molecule has 0 aliphatic rings. The van der Waals surface area contributed by atoms with Gasteiger partial charge in [0.1, 0.15) is 5.69 Å². The zero-order valence-electron chi connectivity index (χ0n) is 11.2. The maximum atomic E-state index is 12.6. The number of aromatic nitrogens is 1. The molecular weight excluding hydrogens is 350 g/mol. The minimum atomic E-state index is -0.144. The van der Waals surface area contributed by atoms with Gasteiger partial charge >= 0.3 is 0 Å². The summed E-state index contributed by atoms with van der Waals surface area (Å²) in [5, 5.41) is 1.57. The summed E-state index contributed by atoms with van der Waals surface area (Å²) in [6.45, 7) is 1.90. The van der Waals surface area contributed by atoms with Gasteiger partial charge in [0.2, 0.25) is 5.78 Å². The largest absolute Gasteiger partial charge is 0.287 e. The first-order chi connectivity index (χ1) is 10.1. The summed E-state index contributed by atoms with van der Waals surface area (Å²) in [6.07, 6.45) is 0. The third-order valence-electron chi connectivity index (χ3n) is 3.33. The van der Waals surface area contributed by atoms with E-state index >= 15 is 0 Å². The molecule has 0 amide bonds. The molecule has 0 atom stereocenters. The Morgan fingerprint density at radius 1 is 1.14 bits per heavy atom. The number of carbonyl (C=O) groups excluding carboxylic acids is 1. The zero-order chi connectivity index (χ0) is 15.0. The number of ketones is 1. The number of pyridine rings is 1. The number of aryl methyl sites for hydroxylation is 1. The van der Waals surface area contributed by atoms with Crippen molar-refractivity contribution in [1.82, 2.24) is 4.98 Å². The Bertz CT molecular complexity index is 861. The maximum Gasteiger partial charge on any atom is 0.212 e. The van der Waals surface area contributed by atoms with Gasteiger partial charge in [0, 0.05) is 20.4 Å². The van der Waals surface area contributed by atoms with E-state index in [0.29, 0.717) is 20.8 Å². The van der Waals surface area contributed by atoms with E-state index in [0.717, 1.165) is 16.5 Å². The molecule has 0 aliphatic carbocycles. The van der Waals surface area contributed by atoms with Crippen LogP contribution < -0.4 is 0 Å². The van der Waals surface area contributed by atoms with Crippen LogP contribution in [0.4, 0.5) is 0 Å². The molecule has 1 aromatic heterocycles. The Labute approximate surface area is 135 Å². The Morgan fingerprint density at radius 2 is 1.90 bits per heavy atom. The molecule has 21 heavy (non-hydrogen) atoms. The molecule has 0 saturated carbocycles. The van der Waals surface area contributed by atoms with E-state index in [4.69, 9.17) is 11.6 Å². The average molecular weight is 361 g/mol. The van der Waals surface area contributed by atoms with Crippen molar-refractivity contribution in [3.05, 3.63) is 74.8 Å². The van der Waals surface area contributed by atoms with Crippen LogP contribution in [0.1, 0.15) is 21.6 Å². The van der Waals surface area contributed by atoms with Crippen molar-refractivity contribution >= 4 is 44.2 Å². The highest BCUT2D eigenvalue weighted by Crippen LogP contribution is 2.25. The van der Waals surface area contributed by atoms with Crippen LogP contribution in [-0.2, 0) is 0 Å². The van der Waals surface area contributed by atoms with Crippen LogP contribution >= 0.6 is 27.5 Å². The van der Waals surface area contributed by atoms with E-state index in [1.807, 2.05) is 43.3 Å². The first-order valence-electron chi connectivity index (χ1n) is 6.42. The first kappa shape index (κ1) is 14.2. The van der Waals surface area contributed by atoms with Crippen LogP contribution in [0.15, 0.2) is 53.0 Å². The highest BCUT2D eigenvalue weighted by Gasteiger charge is 2.16. The van der Waals surface area contributed by atoms with Crippen molar-refractivity contribution < 1.29 is 4.79 Å². The molecule has 0 unspecified atom stereocenters. The van der Waals surface area contributed by atoms with Gasteiger partial charge in [-0.1, -0.05) is 41.9 Å². The van der Waals surface area contributed by atoms with Gasteiger partial charge in [0.15, 0.2) is 0 Å². The van der Waals surface area contributed by atoms with Gasteiger partial charge in [-0.2, -0.15) is 0 Å². The monoisotopic (exact) mass is 359 g/mol. The third kappa shape index (κ3) is 2.71. The maximum absolute atomic E-state index is 12.6. The summed E-state index contributed by atoms with van der Waals surface area (Å²) >= 11 is 9.53. The van der Waals surface area contributed by atoms with Crippen LogP contribution in [0.3, 0.4) is 0 Å². The third-order valence-corrected chi connectivity index (χ3v) is 4.34. The normalized spacial score (nSPS) is 10.8. The van der Waals surface area contributed by atoms with E-state index in [-0.39, 0.29) is 5.78 Å². The van der Waals surface area contributed by atoms with Crippen LogP contribution in [0, 0.1) is 6.92 Å². The van der Waals surface area contributed by atoms with Crippen molar-refractivity contribution in [2.45, 2.75) is 6.92 Å². The lowest BCUT2D eigenvalue weighted by atomic mass is 10.1. The fourth-order valence-electron chi connectivity index (χ4n) is 2.12. The lowest BCUT2D eigenvalue weighted by molar-refractivity contribution is 0.103. The molecule has 2 aromatic carbocycles. The summed E-state index contributed by atoms with van der Waals surface area (Å²) in [7, 11) is 0. The molecule has 0 aliphatic heterocycles. The minimum Gasteiger partial charge on any atom is -0.287 e. The van der Waals surface area contributed by atoms with E-state index in [9.17, 15) is 4.79 Å². The lowest BCUT2D eigenvalue weighted by Gasteiger charge is -2.07. The van der Waals surface area contributed by atoms with E-state index in [1.165, 1.54) is 0 Å². The predicted molar refractivity (Wildman–Crippen MR) is 89.1 cm³/mol. The van der Waals surface area contributed by atoms with Gasteiger partial charge in [0.25, 0.3) is 0 Å². The van der Waals surface area contributed by atoms with Crippen LogP contribution in [0.5, 0.6) is 0 Å². The predicted octanol–water partition coefficient (Wildman–Crippen LogP) is 5.19. The summed E-state index contributed by atoms with van der Waals surface area (Å²) in [5.41, 5.74) is 2.67. The number of carbonyl (C=O) groups is 1. The quantitative estimate of drug-likeness (QED) is 0.589. The molecule has 0 saturated heterocycles. The summed E-state index contributed by atoms with van der Waals surface area (Å²) < 4.78 is 0.683. The molecule has 104 valence electrons. The van der Waals surface area contributed by atoms with Gasteiger partial charge in [-0.05, 0) is 46.6 Å². The van der Waals surface area contributed by atoms with Gasteiger partial charge < -0.3 is 0 Å². The Hall–Kier alpha value is -1.71. The molecule has 0 radical (unpaired) electrons. The molecule has 0 N–H and O–H groups in total. The highest BCUT2D eigenvalue weighted by atomic mass is 79.9. The second kappa shape index (κ2) is 5.58. The summed E-state index contributed by atoms with van der Waals surface area (Å²) in [6, 6.07) is 14.9. The van der Waals surface area contributed by atoms with Crippen molar-refractivity contribution in [2.24, 2.45) is 0 Å². The van der Waals surface area contributed by atoms with E-state index in [1.54, 1.807) is 12.1 Å². The topological polar surface area (TPSA) is 30.0 Å². The summed E-state index contributed by atoms with van der Waals surface area (Å²) in [4.78, 5) is 17.1. The van der Waals surface area contributed by atoms with Gasteiger partial charge in [-0.3, -0.25) is 4.79 Å². The Morgan fingerprint density at radius 3 is 2.67 bits per heavy atom. The molecule has 0 fully saturated rings. The second-order valence-corrected chi connectivity index (χ2v) is 6.07. The molecule has 4 heteroatoms. The molecule has 3 aromatic rings. The van der Waals surface area contributed by atoms with Gasteiger partial charge in [-0.15, -0.1) is 0 Å². The summed E-state index contributed by atoms with van der Waals surface area (Å²) in [5.74, 6) is -0.144. The number of halogens is 2. The molecule has 0 spiro atoms. The first-order valence-corrected chi connectivity index (χ1v) is 7.59. The van der Waals surface area contributed by atoms with Gasteiger partial charge in [-0.25, -0.2) is 4.98 Å².